The minimum Gasteiger partial charge on any atom is -0.309 e. The highest BCUT2D eigenvalue weighted by molar-refractivity contribution is 6.26. The molecule has 3 heterocycles. The summed E-state index contributed by atoms with van der Waals surface area (Å²) in [4.78, 5) is 5.25. The zero-order valence-corrected chi connectivity index (χ0v) is 28.1. The zero-order valence-electron chi connectivity index (χ0n) is 28.1. The van der Waals surface area contributed by atoms with Gasteiger partial charge in [0, 0.05) is 44.0 Å². The SMILES string of the molecule is N#Cc1cccc(-n2c3ccccc3c3c2ccc2c4ccccc4n(-c4cccc(-c5cc(-c6ccccc6)cc(-c6ccccc6)n5)c4)c23)c1. The van der Waals surface area contributed by atoms with E-state index in [0.717, 1.165) is 72.5 Å². The molecule has 0 unspecified atom stereocenters. The summed E-state index contributed by atoms with van der Waals surface area (Å²) in [6.45, 7) is 0. The number of rotatable bonds is 5. The predicted octanol–water partition coefficient (Wildman–Crippen LogP) is 12.1. The van der Waals surface area contributed by atoms with Crippen molar-refractivity contribution in [3.05, 3.63) is 188 Å². The lowest BCUT2D eigenvalue weighted by Gasteiger charge is -2.13. The van der Waals surface area contributed by atoms with Crippen LogP contribution in [0.2, 0.25) is 0 Å². The van der Waals surface area contributed by atoms with Gasteiger partial charge in [0.2, 0.25) is 0 Å². The minimum absolute atomic E-state index is 0.635. The molecule has 242 valence electrons. The third kappa shape index (κ3) is 4.72. The molecule has 3 aromatic heterocycles. The molecule has 0 bridgehead atoms. The second kappa shape index (κ2) is 12.0. The average molecular weight is 663 g/mol. The molecule has 52 heavy (non-hydrogen) atoms. The van der Waals surface area contributed by atoms with Gasteiger partial charge in [-0.15, -0.1) is 0 Å². The maximum atomic E-state index is 9.75. The highest BCUT2D eigenvalue weighted by atomic mass is 15.0. The van der Waals surface area contributed by atoms with Gasteiger partial charge in [-0.2, -0.15) is 5.26 Å². The summed E-state index contributed by atoms with van der Waals surface area (Å²) < 4.78 is 4.70. The number of fused-ring (bicyclic) bond motifs is 7. The first kappa shape index (κ1) is 29.7. The van der Waals surface area contributed by atoms with Crippen LogP contribution in [0.1, 0.15) is 5.56 Å². The van der Waals surface area contributed by atoms with Gasteiger partial charge in [-0.25, -0.2) is 4.98 Å². The van der Waals surface area contributed by atoms with Gasteiger partial charge < -0.3 is 9.13 Å². The van der Waals surface area contributed by atoms with Crippen LogP contribution in [0.25, 0.3) is 88.6 Å². The quantitative estimate of drug-likeness (QED) is 0.184. The van der Waals surface area contributed by atoms with E-state index >= 15 is 0 Å². The molecule has 0 aliphatic rings. The molecule has 0 aliphatic carbocycles. The highest BCUT2D eigenvalue weighted by Gasteiger charge is 2.21. The Bertz CT molecular complexity index is 2960. The van der Waals surface area contributed by atoms with Crippen molar-refractivity contribution >= 4 is 43.6 Å². The Morgan fingerprint density at radius 2 is 1.00 bits per heavy atom. The Morgan fingerprint density at radius 3 is 1.75 bits per heavy atom. The third-order valence-electron chi connectivity index (χ3n) is 10.1. The van der Waals surface area contributed by atoms with E-state index in [-0.39, 0.29) is 0 Å². The van der Waals surface area contributed by atoms with Gasteiger partial charge >= 0.3 is 0 Å². The Kier molecular flexibility index (Phi) is 6.84. The van der Waals surface area contributed by atoms with Crippen molar-refractivity contribution in [3.8, 4) is 51.1 Å². The monoisotopic (exact) mass is 662 g/mol. The number of hydrogen-bond donors (Lipinski definition) is 0. The third-order valence-corrected chi connectivity index (χ3v) is 10.1. The standard InChI is InChI=1S/C48H30N4/c49-31-32-13-11-19-37(27-32)51-45-24-10-8-22-41(45)47-46(51)26-25-40-39-21-7-9-23-44(39)52(48(40)47)38-20-12-18-35(28-38)43-30-36(33-14-3-1-4-15-33)29-42(50-43)34-16-5-2-6-17-34/h1-30H. The lowest BCUT2D eigenvalue weighted by molar-refractivity contribution is 1.17. The lowest BCUT2D eigenvalue weighted by atomic mass is 10.00. The molecule has 0 saturated heterocycles. The fourth-order valence-electron chi connectivity index (χ4n) is 7.81. The van der Waals surface area contributed by atoms with Crippen LogP contribution in [0.5, 0.6) is 0 Å². The maximum Gasteiger partial charge on any atom is 0.0992 e. The summed E-state index contributed by atoms with van der Waals surface area (Å²) in [6.07, 6.45) is 0. The first-order valence-electron chi connectivity index (χ1n) is 17.4. The van der Waals surface area contributed by atoms with Gasteiger partial charge in [-0.1, -0.05) is 121 Å². The number of nitriles is 1. The molecule has 0 fully saturated rings. The number of benzene rings is 7. The molecule has 0 radical (unpaired) electrons. The molecule has 0 amide bonds. The molecule has 0 spiro atoms. The van der Waals surface area contributed by atoms with E-state index in [1.54, 1.807) is 0 Å². The van der Waals surface area contributed by atoms with Gasteiger partial charge in [0.15, 0.2) is 0 Å². The van der Waals surface area contributed by atoms with E-state index in [0.29, 0.717) is 5.56 Å². The van der Waals surface area contributed by atoms with E-state index in [9.17, 15) is 5.26 Å². The summed E-state index contributed by atoms with van der Waals surface area (Å²) in [7, 11) is 0. The van der Waals surface area contributed by atoms with Gasteiger partial charge in [0.05, 0.1) is 45.1 Å². The molecule has 4 nitrogen and oxygen atoms in total. The van der Waals surface area contributed by atoms with Crippen molar-refractivity contribution < 1.29 is 0 Å². The molecule has 7 aromatic carbocycles. The largest absolute Gasteiger partial charge is 0.309 e. The Morgan fingerprint density at radius 1 is 0.404 bits per heavy atom. The van der Waals surface area contributed by atoms with Crippen LogP contribution in [0.4, 0.5) is 0 Å². The van der Waals surface area contributed by atoms with Crippen LogP contribution in [0.15, 0.2) is 182 Å². The van der Waals surface area contributed by atoms with E-state index < -0.39 is 0 Å². The van der Waals surface area contributed by atoms with Crippen molar-refractivity contribution in [1.29, 1.82) is 5.26 Å². The van der Waals surface area contributed by atoms with Crippen LogP contribution in [0.3, 0.4) is 0 Å². The van der Waals surface area contributed by atoms with Crippen LogP contribution >= 0.6 is 0 Å². The normalized spacial score (nSPS) is 11.4. The first-order chi connectivity index (χ1) is 25.7. The molecular formula is C48H30N4. The number of aromatic nitrogens is 3. The van der Waals surface area contributed by atoms with Crippen LogP contribution < -0.4 is 0 Å². The molecule has 10 aromatic rings. The number of pyridine rings is 1. The van der Waals surface area contributed by atoms with E-state index in [4.69, 9.17) is 4.98 Å². The molecule has 0 aliphatic heterocycles. The van der Waals surface area contributed by atoms with Crippen molar-refractivity contribution in [2.45, 2.75) is 0 Å². The lowest BCUT2D eigenvalue weighted by Crippen LogP contribution is -1.97. The molecular weight excluding hydrogens is 633 g/mol. The Balaban J connectivity index is 1.25. The first-order valence-corrected chi connectivity index (χ1v) is 17.4. The molecule has 0 N–H and O–H groups in total. The Labute approximate surface area is 300 Å². The summed E-state index contributed by atoms with van der Waals surface area (Å²) in [5, 5.41) is 14.5. The minimum atomic E-state index is 0.635. The molecule has 0 saturated carbocycles. The average Bonchev–Trinajstić information content (AvgIpc) is 3.74. The highest BCUT2D eigenvalue weighted by Crippen LogP contribution is 2.42. The van der Waals surface area contributed by atoms with Gasteiger partial charge in [-0.3, -0.25) is 0 Å². The van der Waals surface area contributed by atoms with Crippen molar-refractivity contribution in [2.24, 2.45) is 0 Å². The van der Waals surface area contributed by atoms with Gasteiger partial charge in [-0.05, 0) is 71.8 Å². The number of hydrogen-bond acceptors (Lipinski definition) is 2. The molecule has 0 atom stereocenters. The fraction of sp³-hybridized carbons (Fsp3) is 0. The second-order valence-corrected chi connectivity index (χ2v) is 13.1. The predicted molar refractivity (Wildman–Crippen MR) is 214 cm³/mol. The van der Waals surface area contributed by atoms with E-state index in [1.807, 2.05) is 24.3 Å². The number of para-hydroxylation sites is 2. The van der Waals surface area contributed by atoms with Crippen molar-refractivity contribution in [2.75, 3.05) is 0 Å². The van der Waals surface area contributed by atoms with Crippen LogP contribution in [0, 0.1) is 11.3 Å². The summed E-state index contributed by atoms with van der Waals surface area (Å²) in [5.74, 6) is 0. The van der Waals surface area contributed by atoms with Crippen molar-refractivity contribution in [1.82, 2.24) is 14.1 Å². The van der Waals surface area contributed by atoms with Crippen LogP contribution in [-0.4, -0.2) is 14.1 Å². The second-order valence-electron chi connectivity index (χ2n) is 13.1. The van der Waals surface area contributed by atoms with E-state index in [2.05, 4.69) is 173 Å². The summed E-state index contributed by atoms with van der Waals surface area (Å²) in [5.41, 5.74) is 13.4. The number of nitrogens with zero attached hydrogens (tertiary/aromatic N) is 4. The molecule has 4 heteroatoms. The fourth-order valence-corrected chi connectivity index (χ4v) is 7.81. The van der Waals surface area contributed by atoms with Crippen LogP contribution in [-0.2, 0) is 0 Å². The van der Waals surface area contributed by atoms with Gasteiger partial charge in [0.25, 0.3) is 0 Å². The maximum absolute atomic E-state index is 9.75. The summed E-state index contributed by atoms with van der Waals surface area (Å²) >= 11 is 0. The Hall–Kier alpha value is -7.22. The van der Waals surface area contributed by atoms with E-state index in [1.165, 1.54) is 16.2 Å². The van der Waals surface area contributed by atoms with Gasteiger partial charge in [0.1, 0.15) is 0 Å². The summed E-state index contributed by atoms with van der Waals surface area (Å²) in [6, 6.07) is 66.0. The smallest absolute Gasteiger partial charge is 0.0992 e. The topological polar surface area (TPSA) is 46.5 Å². The molecule has 10 rings (SSSR count). The zero-order chi connectivity index (χ0) is 34.6. The van der Waals surface area contributed by atoms with Crippen molar-refractivity contribution in [3.63, 3.8) is 0 Å².